The van der Waals surface area contributed by atoms with Crippen LogP contribution in [-0.4, -0.2) is 36.1 Å². The minimum absolute atomic E-state index is 0. The summed E-state index contributed by atoms with van der Waals surface area (Å²) in [7, 11) is 0. The van der Waals surface area contributed by atoms with Crippen LogP contribution in [0.5, 0.6) is 0 Å². The Morgan fingerprint density at radius 1 is 0.155 bits per heavy atom. The molecule has 0 aromatic carbocycles. The van der Waals surface area contributed by atoms with Crippen molar-refractivity contribution in [2.24, 2.45) is 0 Å². The fourth-order valence-electron chi connectivity index (χ4n) is 9.82. The Hall–Kier alpha value is -0.0800. The maximum absolute atomic E-state index is 2.33. The third-order valence-electron chi connectivity index (χ3n) is 13.9. The summed E-state index contributed by atoms with van der Waals surface area (Å²) in [5.41, 5.74) is 0. The lowest BCUT2D eigenvalue weighted by Crippen LogP contribution is -2.50. The van der Waals surface area contributed by atoms with Gasteiger partial charge in [-0.05, 0) is 51.4 Å². The van der Waals surface area contributed by atoms with E-state index in [9.17, 15) is 0 Å². The SMILES string of the molecule is CCCCCCCCCCCCCC[N+](CCCCCCCCCCCCCC)(CCCCCCCCCCCCCC)CCCCCCCCCCCCCC.[OH-]. The van der Waals surface area contributed by atoms with Crippen molar-refractivity contribution in [2.75, 3.05) is 26.2 Å². The van der Waals surface area contributed by atoms with Crippen LogP contribution >= 0.6 is 0 Å². The molecule has 0 saturated heterocycles. The van der Waals surface area contributed by atoms with Crippen LogP contribution in [0.3, 0.4) is 0 Å². The zero-order valence-electron chi connectivity index (χ0n) is 41.7. The van der Waals surface area contributed by atoms with Crippen LogP contribution in [0, 0.1) is 0 Å². The highest BCUT2D eigenvalue weighted by molar-refractivity contribution is 4.57. The third-order valence-corrected chi connectivity index (χ3v) is 13.9. The van der Waals surface area contributed by atoms with Crippen LogP contribution in [0.4, 0.5) is 0 Å². The molecule has 0 saturated carbocycles. The fraction of sp³-hybridized carbons (Fsp3) is 1.00. The highest BCUT2D eigenvalue weighted by Crippen LogP contribution is 2.22. The van der Waals surface area contributed by atoms with E-state index >= 15 is 0 Å². The number of unbranched alkanes of at least 4 members (excludes halogenated alkanes) is 44. The van der Waals surface area contributed by atoms with Crippen molar-refractivity contribution < 1.29 is 9.96 Å². The molecule has 0 aromatic rings. The van der Waals surface area contributed by atoms with Gasteiger partial charge in [-0.25, -0.2) is 0 Å². The number of quaternary nitrogens is 1. The van der Waals surface area contributed by atoms with Gasteiger partial charge in [-0.15, -0.1) is 0 Å². The summed E-state index contributed by atoms with van der Waals surface area (Å²) in [4.78, 5) is 0. The Morgan fingerprint density at radius 3 is 0.379 bits per heavy atom. The molecule has 0 aromatic heterocycles. The van der Waals surface area contributed by atoms with Crippen LogP contribution in [0.1, 0.15) is 336 Å². The van der Waals surface area contributed by atoms with E-state index in [-0.39, 0.29) is 5.48 Å². The highest BCUT2D eigenvalue weighted by atomic mass is 16.0. The van der Waals surface area contributed by atoms with Gasteiger partial charge < -0.3 is 9.96 Å². The van der Waals surface area contributed by atoms with E-state index in [4.69, 9.17) is 0 Å². The van der Waals surface area contributed by atoms with Crippen molar-refractivity contribution in [1.82, 2.24) is 0 Å². The van der Waals surface area contributed by atoms with E-state index in [1.165, 1.54) is 339 Å². The summed E-state index contributed by atoms with van der Waals surface area (Å²) in [5, 5.41) is 0. The molecule has 0 rings (SSSR count). The second kappa shape index (κ2) is 53.1. The van der Waals surface area contributed by atoms with Gasteiger partial charge in [-0.2, -0.15) is 0 Å². The van der Waals surface area contributed by atoms with Crippen molar-refractivity contribution in [2.45, 2.75) is 336 Å². The lowest BCUT2D eigenvalue weighted by Gasteiger charge is -2.40. The zero-order valence-corrected chi connectivity index (χ0v) is 41.7. The molecule has 0 heterocycles. The van der Waals surface area contributed by atoms with Crippen LogP contribution in [0.25, 0.3) is 0 Å². The molecule has 2 nitrogen and oxygen atoms in total. The molecule has 2 heteroatoms. The summed E-state index contributed by atoms with van der Waals surface area (Å²) in [6.45, 7) is 15.3. The highest BCUT2D eigenvalue weighted by Gasteiger charge is 2.25. The van der Waals surface area contributed by atoms with Crippen LogP contribution < -0.4 is 0 Å². The Bertz CT molecular complexity index is 575. The summed E-state index contributed by atoms with van der Waals surface area (Å²) >= 11 is 0. The van der Waals surface area contributed by atoms with Gasteiger partial charge in [0.1, 0.15) is 0 Å². The van der Waals surface area contributed by atoms with Gasteiger partial charge in [0.05, 0.1) is 26.2 Å². The summed E-state index contributed by atoms with van der Waals surface area (Å²) < 4.78 is 1.49. The number of hydrogen-bond acceptors (Lipinski definition) is 1. The second-order valence-electron chi connectivity index (χ2n) is 19.8. The Balaban J connectivity index is 0. The molecular weight excluding hydrogens is 703 g/mol. The molecule has 0 aliphatic rings. The van der Waals surface area contributed by atoms with Crippen molar-refractivity contribution in [3.05, 3.63) is 0 Å². The average Bonchev–Trinajstić information content (AvgIpc) is 3.22. The first-order valence-electron chi connectivity index (χ1n) is 28.1. The van der Waals surface area contributed by atoms with Crippen molar-refractivity contribution >= 4 is 0 Å². The summed E-state index contributed by atoms with van der Waals surface area (Å²) in [5.74, 6) is 0. The normalized spacial score (nSPS) is 11.8. The molecule has 0 fully saturated rings. The van der Waals surface area contributed by atoms with Crippen LogP contribution in [0.2, 0.25) is 0 Å². The predicted octanol–water partition coefficient (Wildman–Crippen LogP) is 20.4. The largest absolute Gasteiger partial charge is 0.870 e. The Labute approximate surface area is 370 Å². The quantitative estimate of drug-likeness (QED) is 0.0444. The molecule has 0 atom stereocenters. The first-order valence-corrected chi connectivity index (χ1v) is 28.1. The molecule has 0 spiro atoms. The van der Waals surface area contributed by atoms with E-state index in [0.29, 0.717) is 0 Å². The lowest BCUT2D eigenvalue weighted by molar-refractivity contribution is -0.929. The van der Waals surface area contributed by atoms with Gasteiger partial charge in [0.25, 0.3) is 0 Å². The number of rotatable bonds is 52. The minimum atomic E-state index is 0. The molecule has 58 heavy (non-hydrogen) atoms. The van der Waals surface area contributed by atoms with E-state index in [1.54, 1.807) is 0 Å². The molecule has 352 valence electrons. The first kappa shape index (κ1) is 60.0. The Morgan fingerprint density at radius 2 is 0.259 bits per heavy atom. The predicted molar refractivity (Wildman–Crippen MR) is 266 cm³/mol. The molecule has 0 aliphatic carbocycles. The van der Waals surface area contributed by atoms with E-state index in [0.717, 1.165) is 0 Å². The van der Waals surface area contributed by atoms with Gasteiger partial charge in [-0.3, -0.25) is 0 Å². The molecule has 0 aliphatic heterocycles. The standard InChI is InChI=1S/C56H116N.H2O/c1-5-9-13-17-21-25-29-33-37-41-45-49-53-57(54-50-46-42-38-34-30-26-22-18-14-10-6-2,55-51-47-43-39-35-31-27-23-19-15-11-7-3)56-52-48-44-40-36-32-28-24-20-16-12-8-4;/h5-56H2,1-4H3;1H2/q+1;/p-1. The lowest BCUT2D eigenvalue weighted by atomic mass is 10.0. The summed E-state index contributed by atoms with van der Waals surface area (Å²) in [6.07, 6.45) is 70.7. The topological polar surface area (TPSA) is 30.0 Å². The number of nitrogens with zero attached hydrogens (tertiary/aromatic N) is 1. The average molecular weight is 821 g/mol. The minimum Gasteiger partial charge on any atom is -0.870 e. The second-order valence-corrected chi connectivity index (χ2v) is 19.8. The smallest absolute Gasteiger partial charge is 0.0786 e. The molecule has 0 unspecified atom stereocenters. The van der Waals surface area contributed by atoms with Gasteiger partial charge in [0.2, 0.25) is 0 Å². The van der Waals surface area contributed by atoms with Gasteiger partial charge in [-0.1, -0.05) is 285 Å². The third kappa shape index (κ3) is 47.0. The van der Waals surface area contributed by atoms with Crippen LogP contribution in [-0.2, 0) is 0 Å². The van der Waals surface area contributed by atoms with E-state index < -0.39 is 0 Å². The van der Waals surface area contributed by atoms with Crippen molar-refractivity contribution in [3.63, 3.8) is 0 Å². The monoisotopic (exact) mass is 820 g/mol. The number of hydrogen-bond donors (Lipinski definition) is 0. The molecular formula is C56H117NO. The molecule has 0 radical (unpaired) electrons. The fourth-order valence-corrected chi connectivity index (χ4v) is 9.82. The maximum Gasteiger partial charge on any atom is 0.0786 e. The molecule has 1 N–H and O–H groups in total. The first-order chi connectivity index (χ1) is 28.2. The van der Waals surface area contributed by atoms with E-state index in [1.807, 2.05) is 0 Å². The van der Waals surface area contributed by atoms with E-state index in [2.05, 4.69) is 27.7 Å². The van der Waals surface area contributed by atoms with Gasteiger partial charge in [0, 0.05) is 0 Å². The molecule has 0 bridgehead atoms. The molecule has 0 amide bonds. The van der Waals surface area contributed by atoms with Crippen LogP contribution in [0.15, 0.2) is 0 Å². The van der Waals surface area contributed by atoms with Crippen molar-refractivity contribution in [3.8, 4) is 0 Å². The zero-order chi connectivity index (χ0) is 41.3. The van der Waals surface area contributed by atoms with Crippen molar-refractivity contribution in [1.29, 1.82) is 0 Å². The Kier molecular flexibility index (Phi) is 54.9. The summed E-state index contributed by atoms with van der Waals surface area (Å²) in [6, 6.07) is 0. The van der Waals surface area contributed by atoms with Gasteiger partial charge in [0.15, 0.2) is 0 Å². The maximum atomic E-state index is 2.33. The van der Waals surface area contributed by atoms with Gasteiger partial charge >= 0.3 is 0 Å².